The maximum atomic E-state index is 13.7. The summed E-state index contributed by atoms with van der Waals surface area (Å²) in [6.45, 7) is -2.92. The van der Waals surface area contributed by atoms with Crippen molar-refractivity contribution in [2.75, 3.05) is 11.1 Å². The molecule has 162 valence electrons. The fraction of sp³-hybridized carbons (Fsp3) is 0.105. The molecule has 0 fully saturated rings. The van der Waals surface area contributed by atoms with Crippen molar-refractivity contribution < 1.29 is 31.1 Å². The first-order valence-corrected chi connectivity index (χ1v) is 8.47. The van der Waals surface area contributed by atoms with Crippen LogP contribution in [0.4, 0.5) is 37.7 Å². The first-order chi connectivity index (χ1) is 14.5. The lowest BCUT2D eigenvalue weighted by molar-refractivity contribution is -0.140. The molecule has 2 aromatic carbocycles. The Morgan fingerprint density at radius 3 is 2.48 bits per heavy atom. The molecule has 0 spiro atoms. The average Bonchev–Trinajstić information content (AvgIpc) is 3.18. The smallest absolute Gasteiger partial charge is 0.398 e. The number of carbonyl (C=O) groups is 1. The van der Waals surface area contributed by atoms with Crippen LogP contribution in [0, 0.1) is 11.2 Å². The summed E-state index contributed by atoms with van der Waals surface area (Å²) in [7, 11) is 0. The Morgan fingerprint density at radius 1 is 1.16 bits per heavy atom. The van der Waals surface area contributed by atoms with E-state index in [-0.39, 0.29) is 28.2 Å². The van der Waals surface area contributed by atoms with Gasteiger partial charge < -0.3 is 11.1 Å². The quantitative estimate of drug-likeness (QED) is 0.305. The molecule has 0 saturated heterocycles. The number of rotatable bonds is 5. The predicted molar refractivity (Wildman–Crippen MR) is 99.6 cm³/mol. The molecule has 3 rings (SSSR count). The van der Waals surface area contributed by atoms with Crippen LogP contribution >= 0.6 is 0 Å². The highest BCUT2D eigenvalue weighted by atomic mass is 19.4. The standard InChI is InChI=1S/C19H13F6N5O/c20-13-3-1-2-11(15(13)19(23,24)25)17(31)29-10-4-5-14(26)12(6-10)16(27)9-7-28-30(8-9)18(21)22/h1-8,18,27H,26H2,(H,29,31). The monoisotopic (exact) mass is 441 g/mol. The minimum absolute atomic E-state index is 0.0000327. The van der Waals surface area contributed by atoms with E-state index in [0.29, 0.717) is 10.7 Å². The number of alkyl halides is 5. The number of amides is 1. The van der Waals surface area contributed by atoms with Crippen LogP contribution in [0.5, 0.6) is 0 Å². The summed E-state index contributed by atoms with van der Waals surface area (Å²) in [5, 5.41) is 13.8. The first-order valence-electron chi connectivity index (χ1n) is 8.47. The minimum atomic E-state index is -5.10. The number of halogens is 6. The van der Waals surface area contributed by atoms with Gasteiger partial charge in [0.2, 0.25) is 0 Å². The maximum absolute atomic E-state index is 13.7. The first kappa shape index (κ1) is 21.9. The zero-order chi connectivity index (χ0) is 22.9. The van der Waals surface area contributed by atoms with Crippen LogP contribution in [0.25, 0.3) is 0 Å². The van der Waals surface area contributed by atoms with Gasteiger partial charge in [0.15, 0.2) is 0 Å². The maximum Gasteiger partial charge on any atom is 0.420 e. The zero-order valence-corrected chi connectivity index (χ0v) is 15.3. The number of carbonyl (C=O) groups excluding carboxylic acids is 1. The molecular formula is C19H13F6N5O. The summed E-state index contributed by atoms with van der Waals surface area (Å²) >= 11 is 0. The number of nitrogens with one attached hydrogen (secondary N) is 2. The van der Waals surface area contributed by atoms with Crippen molar-refractivity contribution in [2.24, 2.45) is 0 Å². The molecule has 1 heterocycles. The van der Waals surface area contributed by atoms with Crippen molar-refractivity contribution in [3.05, 3.63) is 76.9 Å². The molecular weight excluding hydrogens is 428 g/mol. The summed E-state index contributed by atoms with van der Waals surface area (Å²) in [5.74, 6) is -2.84. The summed E-state index contributed by atoms with van der Waals surface area (Å²) in [5.41, 5.74) is 2.88. The van der Waals surface area contributed by atoms with E-state index in [0.717, 1.165) is 24.5 Å². The second kappa shape index (κ2) is 8.13. The number of aromatic nitrogens is 2. The number of nitrogens with two attached hydrogens (primary N) is 1. The molecule has 1 amide bonds. The normalized spacial score (nSPS) is 11.6. The van der Waals surface area contributed by atoms with Crippen molar-refractivity contribution in [3.63, 3.8) is 0 Å². The molecule has 0 saturated carbocycles. The number of hydrogen-bond acceptors (Lipinski definition) is 4. The fourth-order valence-electron chi connectivity index (χ4n) is 2.78. The Balaban J connectivity index is 1.92. The van der Waals surface area contributed by atoms with E-state index in [9.17, 15) is 31.1 Å². The van der Waals surface area contributed by atoms with E-state index in [4.69, 9.17) is 11.1 Å². The van der Waals surface area contributed by atoms with Crippen LogP contribution in [0.15, 0.2) is 48.8 Å². The van der Waals surface area contributed by atoms with E-state index >= 15 is 0 Å². The highest BCUT2D eigenvalue weighted by Gasteiger charge is 2.38. The molecule has 3 aromatic rings. The lowest BCUT2D eigenvalue weighted by atomic mass is 10.0. The third-order valence-corrected chi connectivity index (χ3v) is 4.21. The highest BCUT2D eigenvalue weighted by molar-refractivity contribution is 6.14. The van der Waals surface area contributed by atoms with Crippen LogP contribution < -0.4 is 11.1 Å². The molecule has 0 radical (unpaired) electrons. The predicted octanol–water partition coefficient (Wildman–Crippen LogP) is 4.69. The lowest BCUT2D eigenvalue weighted by Crippen LogP contribution is -2.20. The second-order valence-electron chi connectivity index (χ2n) is 6.28. The van der Waals surface area contributed by atoms with Gasteiger partial charge in [-0.25, -0.2) is 9.07 Å². The van der Waals surface area contributed by atoms with Crippen LogP contribution in [-0.4, -0.2) is 21.4 Å². The summed E-state index contributed by atoms with van der Waals surface area (Å²) in [6.07, 6.45) is -3.17. The van der Waals surface area contributed by atoms with Gasteiger partial charge in [-0.15, -0.1) is 0 Å². The lowest BCUT2D eigenvalue weighted by Gasteiger charge is -2.14. The van der Waals surface area contributed by atoms with Gasteiger partial charge >= 0.3 is 12.7 Å². The molecule has 0 bridgehead atoms. The van der Waals surface area contributed by atoms with Gasteiger partial charge in [0, 0.05) is 28.7 Å². The van der Waals surface area contributed by atoms with Crippen molar-refractivity contribution in [1.82, 2.24) is 9.78 Å². The van der Waals surface area contributed by atoms with E-state index in [1.165, 1.54) is 18.2 Å². The molecule has 31 heavy (non-hydrogen) atoms. The molecule has 0 aliphatic rings. The van der Waals surface area contributed by atoms with Crippen molar-refractivity contribution >= 4 is 23.0 Å². The Kier molecular flexibility index (Phi) is 5.73. The molecule has 0 aliphatic carbocycles. The average molecular weight is 441 g/mol. The van der Waals surface area contributed by atoms with E-state index in [2.05, 4.69) is 10.4 Å². The molecule has 1 aromatic heterocycles. The Morgan fingerprint density at radius 2 is 1.87 bits per heavy atom. The topological polar surface area (TPSA) is 96.8 Å². The minimum Gasteiger partial charge on any atom is -0.398 e. The van der Waals surface area contributed by atoms with Gasteiger partial charge in [0.1, 0.15) is 11.4 Å². The third kappa shape index (κ3) is 4.52. The summed E-state index contributed by atoms with van der Waals surface area (Å²) in [6, 6.07) is 6.08. The fourth-order valence-corrected chi connectivity index (χ4v) is 2.78. The second-order valence-corrected chi connectivity index (χ2v) is 6.28. The van der Waals surface area contributed by atoms with E-state index in [1.807, 2.05) is 0 Å². The summed E-state index contributed by atoms with van der Waals surface area (Å²) in [4.78, 5) is 12.4. The molecule has 0 unspecified atom stereocenters. The Labute approximate surface area is 170 Å². The third-order valence-electron chi connectivity index (χ3n) is 4.21. The Bertz CT molecular complexity index is 1150. The summed E-state index contributed by atoms with van der Waals surface area (Å²) < 4.78 is 78.9. The SMILES string of the molecule is N=C(c1cnn(C(F)F)c1)c1cc(NC(=O)c2cccc(F)c2C(F)(F)F)ccc1N. The number of nitrogen functional groups attached to an aromatic ring is 1. The molecule has 4 N–H and O–H groups in total. The van der Waals surface area contributed by atoms with Gasteiger partial charge in [-0.1, -0.05) is 6.07 Å². The highest BCUT2D eigenvalue weighted by Crippen LogP contribution is 2.34. The molecule has 12 heteroatoms. The van der Waals surface area contributed by atoms with Gasteiger partial charge in [-0.05, 0) is 30.3 Å². The number of anilines is 2. The van der Waals surface area contributed by atoms with Crippen molar-refractivity contribution in [1.29, 1.82) is 5.41 Å². The molecule has 6 nitrogen and oxygen atoms in total. The van der Waals surface area contributed by atoms with Crippen LogP contribution in [0.3, 0.4) is 0 Å². The Hall–Kier alpha value is -3.83. The van der Waals surface area contributed by atoms with Gasteiger partial charge in [-0.2, -0.15) is 27.1 Å². The van der Waals surface area contributed by atoms with E-state index < -0.39 is 35.6 Å². The molecule has 0 aliphatic heterocycles. The van der Waals surface area contributed by atoms with Gasteiger partial charge in [0.05, 0.1) is 17.5 Å². The van der Waals surface area contributed by atoms with Crippen molar-refractivity contribution in [3.8, 4) is 0 Å². The number of hydrogen-bond donors (Lipinski definition) is 3. The largest absolute Gasteiger partial charge is 0.420 e. The van der Waals surface area contributed by atoms with Crippen LogP contribution in [0.2, 0.25) is 0 Å². The van der Waals surface area contributed by atoms with Crippen LogP contribution in [-0.2, 0) is 6.18 Å². The van der Waals surface area contributed by atoms with Crippen molar-refractivity contribution in [2.45, 2.75) is 12.7 Å². The van der Waals surface area contributed by atoms with E-state index in [1.54, 1.807) is 0 Å². The zero-order valence-electron chi connectivity index (χ0n) is 15.3. The van der Waals surface area contributed by atoms with Gasteiger partial charge in [0.25, 0.3) is 5.91 Å². The van der Waals surface area contributed by atoms with Crippen LogP contribution in [0.1, 0.15) is 33.6 Å². The number of benzene rings is 2. The number of nitrogens with zero attached hydrogens (tertiary/aromatic N) is 2. The van der Waals surface area contributed by atoms with Gasteiger partial charge in [-0.3, -0.25) is 10.2 Å². The molecule has 0 atom stereocenters.